The van der Waals surface area contributed by atoms with Crippen molar-refractivity contribution < 1.29 is 24.5 Å². The Morgan fingerprint density at radius 2 is 1.71 bits per heavy atom. The molecular formula is C27H34ClNO5. The normalized spacial score (nSPS) is 28.3. The number of carbonyl (C=O) groups excluding carboxylic acids is 1. The molecule has 1 aliphatic heterocycles. The zero-order valence-electron chi connectivity index (χ0n) is 19.8. The molecule has 6 nitrogen and oxygen atoms in total. The van der Waals surface area contributed by atoms with Crippen LogP contribution < -0.4 is 14.8 Å². The molecule has 5 atom stereocenters. The molecule has 34 heavy (non-hydrogen) atoms. The molecule has 1 heterocycles. The van der Waals surface area contributed by atoms with Crippen LogP contribution in [0.1, 0.15) is 56.1 Å². The molecule has 1 aliphatic carbocycles. The minimum atomic E-state index is -0.386. The van der Waals surface area contributed by atoms with E-state index in [1.807, 2.05) is 30.3 Å². The van der Waals surface area contributed by atoms with Gasteiger partial charge in [-0.15, -0.1) is 0 Å². The number of ether oxygens (including phenoxy) is 2. The molecular weight excluding hydrogens is 454 g/mol. The fourth-order valence-electron chi connectivity index (χ4n) is 6.22. The van der Waals surface area contributed by atoms with Crippen molar-refractivity contribution in [3.05, 3.63) is 58.6 Å². The van der Waals surface area contributed by atoms with Crippen molar-refractivity contribution in [1.29, 1.82) is 0 Å². The van der Waals surface area contributed by atoms with Crippen molar-refractivity contribution in [2.75, 3.05) is 26.4 Å². The van der Waals surface area contributed by atoms with Gasteiger partial charge in [-0.05, 0) is 73.4 Å². The maximum Gasteiger partial charge on any atom is 0.226 e. The van der Waals surface area contributed by atoms with Crippen LogP contribution in [0.25, 0.3) is 0 Å². The summed E-state index contributed by atoms with van der Waals surface area (Å²) in [6.07, 6.45) is 2.48. The first kappa shape index (κ1) is 24.8. The molecule has 2 aliphatic rings. The molecule has 1 saturated heterocycles. The molecule has 3 N–H and O–H groups in total. The van der Waals surface area contributed by atoms with E-state index in [0.29, 0.717) is 16.5 Å². The molecule has 2 fully saturated rings. The van der Waals surface area contributed by atoms with Crippen molar-refractivity contribution >= 4 is 17.5 Å². The standard InChI is InChI=1S/C27H34ClNO5/c1-3-27-11-10-22(21-9-8-20(16-23(21)28)34-15-13-31)24(25(27)17(2)29-26(27)32)18-4-6-19(7-5-18)33-14-12-30/h4-9,16-17,22,24-25,30-31H,3,10-15H2,1-2H3,(H,29,32)/t17-,22+,24+,25+,27-/m1/s1. The van der Waals surface area contributed by atoms with Crippen LogP contribution in [0.2, 0.25) is 5.02 Å². The average molecular weight is 488 g/mol. The highest BCUT2D eigenvalue weighted by Gasteiger charge is 2.59. The van der Waals surface area contributed by atoms with E-state index in [0.717, 1.165) is 30.4 Å². The van der Waals surface area contributed by atoms with Crippen LogP contribution in [0.5, 0.6) is 11.5 Å². The van der Waals surface area contributed by atoms with Gasteiger partial charge < -0.3 is 25.0 Å². The van der Waals surface area contributed by atoms with Crippen LogP contribution >= 0.6 is 11.6 Å². The number of hydrogen-bond donors (Lipinski definition) is 3. The number of rotatable bonds is 9. The summed E-state index contributed by atoms with van der Waals surface area (Å²) < 4.78 is 11.1. The molecule has 0 unspecified atom stereocenters. The first-order valence-corrected chi connectivity index (χ1v) is 12.5. The zero-order valence-corrected chi connectivity index (χ0v) is 20.6. The molecule has 0 radical (unpaired) electrons. The predicted octanol–water partition coefficient (Wildman–Crippen LogP) is 4.27. The van der Waals surface area contributed by atoms with Crippen LogP contribution in [-0.4, -0.2) is 48.6 Å². The van der Waals surface area contributed by atoms with Crippen molar-refractivity contribution in [1.82, 2.24) is 5.32 Å². The second-order valence-corrected chi connectivity index (χ2v) is 9.77. The lowest BCUT2D eigenvalue weighted by Gasteiger charge is -2.47. The van der Waals surface area contributed by atoms with E-state index in [-0.39, 0.29) is 61.5 Å². The topological polar surface area (TPSA) is 88.0 Å². The summed E-state index contributed by atoms with van der Waals surface area (Å²) in [6, 6.07) is 13.8. The number of halogens is 1. The summed E-state index contributed by atoms with van der Waals surface area (Å²) >= 11 is 6.78. The zero-order chi connectivity index (χ0) is 24.3. The number of amides is 1. The monoisotopic (exact) mass is 487 g/mol. The van der Waals surface area contributed by atoms with Crippen LogP contribution in [0.15, 0.2) is 42.5 Å². The van der Waals surface area contributed by atoms with Gasteiger partial charge in [0.15, 0.2) is 0 Å². The maximum absolute atomic E-state index is 13.2. The highest BCUT2D eigenvalue weighted by atomic mass is 35.5. The quantitative estimate of drug-likeness (QED) is 0.491. The minimum Gasteiger partial charge on any atom is -0.491 e. The number of carbonyl (C=O) groups is 1. The minimum absolute atomic E-state index is 0.0324. The highest BCUT2D eigenvalue weighted by Crippen LogP contribution is 2.60. The Balaban J connectivity index is 1.75. The average Bonchev–Trinajstić information content (AvgIpc) is 3.11. The lowest BCUT2D eigenvalue weighted by molar-refractivity contribution is -0.131. The van der Waals surface area contributed by atoms with Crippen molar-refractivity contribution in [2.24, 2.45) is 11.3 Å². The molecule has 2 aromatic carbocycles. The fourth-order valence-corrected chi connectivity index (χ4v) is 6.53. The smallest absolute Gasteiger partial charge is 0.226 e. The number of aliphatic hydroxyl groups is 2. The summed E-state index contributed by atoms with van der Waals surface area (Å²) in [5, 5.41) is 22.0. The summed E-state index contributed by atoms with van der Waals surface area (Å²) in [6.45, 7) is 4.62. The van der Waals surface area contributed by atoms with Crippen molar-refractivity contribution in [3.8, 4) is 11.5 Å². The largest absolute Gasteiger partial charge is 0.491 e. The van der Waals surface area contributed by atoms with Crippen LogP contribution in [0.3, 0.4) is 0 Å². The second-order valence-electron chi connectivity index (χ2n) is 9.37. The Kier molecular flexibility index (Phi) is 7.70. The molecule has 0 bridgehead atoms. The van der Waals surface area contributed by atoms with Gasteiger partial charge in [0.1, 0.15) is 24.7 Å². The van der Waals surface area contributed by atoms with Gasteiger partial charge in [-0.2, -0.15) is 0 Å². The van der Waals surface area contributed by atoms with E-state index in [1.165, 1.54) is 0 Å². The van der Waals surface area contributed by atoms with Gasteiger partial charge >= 0.3 is 0 Å². The number of benzene rings is 2. The Morgan fingerprint density at radius 3 is 2.32 bits per heavy atom. The summed E-state index contributed by atoms with van der Waals surface area (Å²) in [5.74, 6) is 1.88. The predicted molar refractivity (Wildman–Crippen MR) is 132 cm³/mol. The molecule has 7 heteroatoms. The first-order valence-electron chi connectivity index (χ1n) is 12.1. The van der Waals surface area contributed by atoms with Gasteiger partial charge in [-0.25, -0.2) is 0 Å². The molecule has 1 amide bonds. The SMILES string of the molecule is CC[C@@]12CC[C@@H](c3ccc(OCCO)cc3Cl)[C@H](c3ccc(OCCO)cc3)[C@@H]1[C@@H](C)NC2=O. The summed E-state index contributed by atoms with van der Waals surface area (Å²) in [7, 11) is 0. The van der Waals surface area contributed by atoms with Gasteiger partial charge in [-0.1, -0.05) is 36.7 Å². The first-order chi connectivity index (χ1) is 16.4. The van der Waals surface area contributed by atoms with Crippen LogP contribution in [-0.2, 0) is 4.79 Å². The fraction of sp³-hybridized carbons (Fsp3) is 0.519. The molecule has 184 valence electrons. The van der Waals surface area contributed by atoms with E-state index in [4.69, 9.17) is 31.3 Å². The molecule has 2 aromatic rings. The van der Waals surface area contributed by atoms with E-state index >= 15 is 0 Å². The third-order valence-corrected chi connectivity index (χ3v) is 8.02. The third kappa shape index (κ3) is 4.51. The van der Waals surface area contributed by atoms with Gasteiger partial charge in [0.05, 0.1) is 18.6 Å². The lowest BCUT2D eigenvalue weighted by Crippen LogP contribution is -2.43. The number of nitrogens with one attached hydrogen (secondary N) is 1. The second kappa shape index (κ2) is 10.5. The highest BCUT2D eigenvalue weighted by molar-refractivity contribution is 6.31. The maximum atomic E-state index is 13.2. The Labute approximate surface area is 206 Å². The molecule has 1 saturated carbocycles. The van der Waals surface area contributed by atoms with E-state index in [1.54, 1.807) is 0 Å². The Hall–Kier alpha value is -2.28. The summed E-state index contributed by atoms with van der Waals surface area (Å²) in [4.78, 5) is 13.2. The van der Waals surface area contributed by atoms with Crippen LogP contribution in [0.4, 0.5) is 0 Å². The van der Waals surface area contributed by atoms with Gasteiger partial charge in [0.2, 0.25) is 5.91 Å². The van der Waals surface area contributed by atoms with Crippen molar-refractivity contribution in [2.45, 2.75) is 51.0 Å². The van der Waals surface area contributed by atoms with Crippen LogP contribution in [0, 0.1) is 11.3 Å². The third-order valence-electron chi connectivity index (χ3n) is 7.70. The number of aliphatic hydroxyl groups excluding tert-OH is 2. The Morgan fingerprint density at radius 1 is 1.06 bits per heavy atom. The van der Waals surface area contributed by atoms with E-state index < -0.39 is 0 Å². The molecule has 0 aromatic heterocycles. The van der Waals surface area contributed by atoms with Gasteiger partial charge in [-0.3, -0.25) is 4.79 Å². The number of fused-ring (bicyclic) bond motifs is 1. The van der Waals surface area contributed by atoms with Gasteiger partial charge in [0.25, 0.3) is 0 Å². The Bertz CT molecular complexity index is 997. The van der Waals surface area contributed by atoms with E-state index in [2.05, 4.69) is 31.3 Å². The summed E-state index contributed by atoms with van der Waals surface area (Å²) in [5.41, 5.74) is 1.83. The molecule has 4 rings (SSSR count). The van der Waals surface area contributed by atoms with Crippen molar-refractivity contribution in [3.63, 3.8) is 0 Å². The lowest BCUT2D eigenvalue weighted by atomic mass is 9.54. The van der Waals surface area contributed by atoms with E-state index in [9.17, 15) is 4.79 Å². The van der Waals surface area contributed by atoms with Gasteiger partial charge in [0, 0.05) is 17.0 Å². The molecule has 0 spiro atoms. The number of hydrogen-bond acceptors (Lipinski definition) is 5.